The molecule has 3 rings (SSSR count). The molecule has 1 aromatic heterocycles. The molecule has 0 N–H and O–H groups in total. The average Bonchev–Trinajstić information content (AvgIpc) is 2.90. The Morgan fingerprint density at radius 2 is 2.39 bits per heavy atom. The highest BCUT2D eigenvalue weighted by molar-refractivity contribution is 7.81. The predicted octanol–water partition coefficient (Wildman–Crippen LogP) is 2.34. The normalized spacial score (nSPS) is 19.8. The maximum Gasteiger partial charge on any atom is 0.229 e. The van der Waals surface area contributed by atoms with Crippen molar-refractivity contribution in [3.8, 4) is 5.75 Å². The summed E-state index contributed by atoms with van der Waals surface area (Å²) < 4.78 is 6.21. The van der Waals surface area contributed by atoms with E-state index in [4.69, 9.17) is 4.74 Å². The van der Waals surface area contributed by atoms with E-state index in [1.807, 2.05) is 18.2 Å². The Morgan fingerprint density at radius 3 is 3.06 bits per heavy atom. The zero-order chi connectivity index (χ0) is 12.7. The molecule has 18 heavy (non-hydrogen) atoms. The van der Waals surface area contributed by atoms with Crippen LogP contribution in [0.5, 0.6) is 5.75 Å². The first-order valence-electron chi connectivity index (χ1n) is 5.60. The van der Waals surface area contributed by atoms with Crippen LogP contribution in [-0.2, 0) is 4.79 Å². The number of hydrogen-bond donors (Lipinski definition) is 1. The molecule has 1 fully saturated rings. The SMILES string of the molecule is COc1ccc2nc(N3CC(S)CC3=O)sc2c1. The number of ether oxygens (including phenoxy) is 1. The molecule has 1 atom stereocenters. The van der Waals surface area contributed by atoms with Crippen molar-refractivity contribution in [1.82, 2.24) is 4.98 Å². The molecule has 2 heterocycles. The largest absolute Gasteiger partial charge is 0.497 e. The lowest BCUT2D eigenvalue weighted by Gasteiger charge is -2.10. The molecule has 1 unspecified atom stereocenters. The minimum atomic E-state index is 0.0982. The van der Waals surface area contributed by atoms with Gasteiger partial charge in [0.2, 0.25) is 5.91 Å². The molecule has 1 saturated heterocycles. The maximum absolute atomic E-state index is 11.8. The van der Waals surface area contributed by atoms with Gasteiger partial charge in [-0.25, -0.2) is 4.98 Å². The molecule has 1 amide bonds. The van der Waals surface area contributed by atoms with Gasteiger partial charge in [-0.05, 0) is 18.2 Å². The molecule has 6 heteroatoms. The van der Waals surface area contributed by atoms with Crippen LogP contribution in [0.4, 0.5) is 5.13 Å². The molecule has 0 spiro atoms. The number of anilines is 1. The minimum Gasteiger partial charge on any atom is -0.497 e. The van der Waals surface area contributed by atoms with Crippen LogP contribution in [0.25, 0.3) is 10.2 Å². The van der Waals surface area contributed by atoms with Crippen molar-refractivity contribution in [3.63, 3.8) is 0 Å². The van der Waals surface area contributed by atoms with E-state index in [1.165, 1.54) is 11.3 Å². The lowest BCUT2D eigenvalue weighted by Crippen LogP contribution is -2.24. The highest BCUT2D eigenvalue weighted by atomic mass is 32.1. The van der Waals surface area contributed by atoms with Crippen LogP contribution in [0, 0.1) is 0 Å². The minimum absolute atomic E-state index is 0.0982. The standard InChI is InChI=1S/C12H12N2O2S2/c1-16-7-2-3-9-10(4-7)18-12(13-9)14-6-8(17)5-11(14)15/h2-4,8,17H,5-6H2,1H3. The Kier molecular flexibility index (Phi) is 2.91. The number of nitrogens with zero attached hydrogens (tertiary/aromatic N) is 2. The first-order valence-corrected chi connectivity index (χ1v) is 6.93. The van der Waals surface area contributed by atoms with Crippen molar-refractivity contribution in [1.29, 1.82) is 0 Å². The highest BCUT2D eigenvalue weighted by Gasteiger charge is 2.30. The Hall–Kier alpha value is -1.27. The number of benzene rings is 1. The summed E-state index contributed by atoms with van der Waals surface area (Å²) in [6, 6.07) is 5.72. The van der Waals surface area contributed by atoms with E-state index in [-0.39, 0.29) is 11.2 Å². The van der Waals surface area contributed by atoms with E-state index in [2.05, 4.69) is 17.6 Å². The van der Waals surface area contributed by atoms with Crippen LogP contribution in [0.15, 0.2) is 18.2 Å². The van der Waals surface area contributed by atoms with E-state index in [9.17, 15) is 4.79 Å². The molecule has 0 radical (unpaired) electrons. The van der Waals surface area contributed by atoms with Crippen molar-refractivity contribution in [2.24, 2.45) is 0 Å². The summed E-state index contributed by atoms with van der Waals surface area (Å²) in [5.41, 5.74) is 0.895. The third-order valence-corrected chi connectivity index (χ3v) is 4.31. The second-order valence-electron chi connectivity index (χ2n) is 4.19. The van der Waals surface area contributed by atoms with Crippen LogP contribution >= 0.6 is 24.0 Å². The summed E-state index contributed by atoms with van der Waals surface area (Å²) in [6.07, 6.45) is 0.488. The third-order valence-electron chi connectivity index (χ3n) is 2.92. The fraction of sp³-hybridized carbons (Fsp3) is 0.333. The van der Waals surface area contributed by atoms with E-state index >= 15 is 0 Å². The van der Waals surface area contributed by atoms with E-state index in [0.29, 0.717) is 13.0 Å². The van der Waals surface area contributed by atoms with E-state index in [0.717, 1.165) is 21.1 Å². The van der Waals surface area contributed by atoms with E-state index in [1.54, 1.807) is 12.0 Å². The molecule has 4 nitrogen and oxygen atoms in total. The zero-order valence-corrected chi connectivity index (χ0v) is 11.5. The van der Waals surface area contributed by atoms with Crippen LogP contribution in [0.2, 0.25) is 0 Å². The summed E-state index contributed by atoms with van der Waals surface area (Å²) in [5.74, 6) is 0.901. The van der Waals surface area contributed by atoms with Crippen molar-refractivity contribution < 1.29 is 9.53 Å². The van der Waals surface area contributed by atoms with Gasteiger partial charge in [0.25, 0.3) is 0 Å². The van der Waals surface area contributed by atoms with Crippen molar-refractivity contribution in [2.45, 2.75) is 11.7 Å². The van der Waals surface area contributed by atoms with Gasteiger partial charge in [-0.15, -0.1) is 0 Å². The van der Waals surface area contributed by atoms with Gasteiger partial charge in [-0.3, -0.25) is 9.69 Å². The first kappa shape index (κ1) is 11.8. The molecule has 0 saturated carbocycles. The van der Waals surface area contributed by atoms with Crippen LogP contribution in [0.1, 0.15) is 6.42 Å². The number of methoxy groups -OCH3 is 1. The number of amides is 1. The van der Waals surface area contributed by atoms with Gasteiger partial charge in [0.05, 0.1) is 17.3 Å². The van der Waals surface area contributed by atoms with Gasteiger partial charge in [-0.2, -0.15) is 12.6 Å². The number of aromatic nitrogens is 1. The van der Waals surface area contributed by atoms with Crippen LogP contribution < -0.4 is 9.64 Å². The van der Waals surface area contributed by atoms with Gasteiger partial charge in [0.1, 0.15) is 5.75 Å². The fourth-order valence-electron chi connectivity index (χ4n) is 2.01. The highest BCUT2D eigenvalue weighted by Crippen LogP contribution is 2.33. The van der Waals surface area contributed by atoms with Crippen LogP contribution in [-0.4, -0.2) is 29.8 Å². The van der Waals surface area contributed by atoms with Crippen molar-refractivity contribution in [3.05, 3.63) is 18.2 Å². The molecule has 1 aromatic carbocycles. The molecule has 0 aliphatic carbocycles. The van der Waals surface area contributed by atoms with Gasteiger partial charge in [0, 0.05) is 18.2 Å². The summed E-state index contributed by atoms with van der Waals surface area (Å²) >= 11 is 5.86. The lowest BCUT2D eigenvalue weighted by atomic mass is 10.3. The molecule has 2 aromatic rings. The smallest absolute Gasteiger partial charge is 0.229 e. The number of thiazole rings is 1. The number of carbonyl (C=O) groups is 1. The molecule has 94 valence electrons. The van der Waals surface area contributed by atoms with Gasteiger partial charge < -0.3 is 4.74 Å². The first-order chi connectivity index (χ1) is 8.67. The van der Waals surface area contributed by atoms with Gasteiger partial charge in [-0.1, -0.05) is 11.3 Å². The number of fused-ring (bicyclic) bond motifs is 1. The van der Waals surface area contributed by atoms with Crippen molar-refractivity contribution >= 4 is 45.2 Å². The van der Waals surface area contributed by atoms with Crippen LogP contribution in [0.3, 0.4) is 0 Å². The summed E-state index contributed by atoms with van der Waals surface area (Å²) in [7, 11) is 1.64. The Labute approximate surface area is 114 Å². The maximum atomic E-state index is 11.8. The Balaban J connectivity index is 2.00. The van der Waals surface area contributed by atoms with E-state index < -0.39 is 0 Å². The molecule has 0 bridgehead atoms. The topological polar surface area (TPSA) is 42.4 Å². The fourth-order valence-corrected chi connectivity index (χ4v) is 3.35. The number of hydrogen-bond acceptors (Lipinski definition) is 5. The second kappa shape index (κ2) is 4.44. The second-order valence-corrected chi connectivity index (χ2v) is 5.93. The summed E-state index contributed by atoms with van der Waals surface area (Å²) in [5, 5.41) is 0.860. The number of carbonyl (C=O) groups excluding carboxylic acids is 1. The molecule has 1 aliphatic rings. The lowest BCUT2D eigenvalue weighted by molar-refractivity contribution is -0.117. The third kappa shape index (κ3) is 1.95. The monoisotopic (exact) mass is 280 g/mol. The number of rotatable bonds is 2. The quantitative estimate of drug-likeness (QED) is 0.859. The van der Waals surface area contributed by atoms with Gasteiger partial charge >= 0.3 is 0 Å². The summed E-state index contributed by atoms with van der Waals surface area (Å²) in [4.78, 5) is 18.0. The molecular formula is C12H12N2O2S2. The zero-order valence-electron chi connectivity index (χ0n) is 9.79. The molecule has 1 aliphatic heterocycles. The van der Waals surface area contributed by atoms with Gasteiger partial charge in [0.15, 0.2) is 5.13 Å². The predicted molar refractivity (Wildman–Crippen MR) is 75.9 cm³/mol. The Morgan fingerprint density at radius 1 is 1.56 bits per heavy atom. The Bertz CT molecular complexity index is 611. The number of thiol groups is 1. The molecular weight excluding hydrogens is 268 g/mol. The van der Waals surface area contributed by atoms with Crippen molar-refractivity contribution in [2.75, 3.05) is 18.6 Å². The summed E-state index contributed by atoms with van der Waals surface area (Å²) in [6.45, 7) is 0.638. The average molecular weight is 280 g/mol.